The molecule has 1 aromatic heterocycles. The van der Waals surface area contributed by atoms with Crippen molar-refractivity contribution in [2.45, 2.75) is 6.54 Å². The summed E-state index contributed by atoms with van der Waals surface area (Å²) in [5.41, 5.74) is 1.41. The minimum Gasteiger partial charge on any atom is -0.380 e. The molecular weight excluding hydrogens is 240 g/mol. The van der Waals surface area contributed by atoms with Crippen LogP contribution in [0, 0.1) is 11.3 Å². The molecule has 0 bridgehead atoms. The normalized spacial score (nSPS) is 9.75. The molecule has 0 saturated carbocycles. The van der Waals surface area contributed by atoms with Gasteiger partial charge in [0.2, 0.25) is 0 Å². The van der Waals surface area contributed by atoms with Gasteiger partial charge in [0.1, 0.15) is 6.07 Å². The first-order valence-electron chi connectivity index (χ1n) is 4.75. The Kier molecular flexibility index (Phi) is 3.45. The van der Waals surface area contributed by atoms with Crippen molar-refractivity contribution in [3.8, 4) is 6.07 Å². The van der Waals surface area contributed by atoms with Gasteiger partial charge in [-0.1, -0.05) is 17.7 Å². The van der Waals surface area contributed by atoms with E-state index in [1.807, 2.05) is 17.5 Å². The van der Waals surface area contributed by atoms with Gasteiger partial charge < -0.3 is 5.32 Å². The number of rotatable bonds is 3. The topological polar surface area (TPSA) is 35.8 Å². The first-order chi connectivity index (χ1) is 7.79. The maximum absolute atomic E-state index is 8.83. The molecule has 0 radical (unpaired) electrons. The number of halogens is 1. The molecule has 16 heavy (non-hydrogen) atoms. The van der Waals surface area contributed by atoms with Crippen molar-refractivity contribution < 1.29 is 0 Å². The van der Waals surface area contributed by atoms with Crippen LogP contribution in [0.25, 0.3) is 0 Å². The number of hydrogen-bond donors (Lipinski definition) is 1. The van der Waals surface area contributed by atoms with E-state index in [0.717, 1.165) is 12.2 Å². The summed E-state index contributed by atoms with van der Waals surface area (Å²) in [6.45, 7) is 0.768. The van der Waals surface area contributed by atoms with Gasteiger partial charge in [-0.15, -0.1) is 11.3 Å². The molecule has 2 nitrogen and oxygen atoms in total. The second-order valence-electron chi connectivity index (χ2n) is 3.24. The molecule has 0 aliphatic carbocycles. The number of thiophene rings is 1. The highest BCUT2D eigenvalue weighted by molar-refractivity contribution is 7.09. The maximum Gasteiger partial charge on any atom is 0.101 e. The molecule has 2 aromatic rings. The maximum atomic E-state index is 8.83. The lowest BCUT2D eigenvalue weighted by molar-refractivity contribution is 1.19. The minimum atomic E-state index is 0.490. The SMILES string of the molecule is N#Cc1cc(NCc2cccs2)ccc1Cl. The highest BCUT2D eigenvalue weighted by Crippen LogP contribution is 2.20. The smallest absolute Gasteiger partial charge is 0.101 e. The summed E-state index contributed by atoms with van der Waals surface area (Å²) in [6.07, 6.45) is 0. The number of nitrogens with zero attached hydrogens (tertiary/aromatic N) is 1. The second kappa shape index (κ2) is 5.02. The molecule has 2 rings (SSSR count). The molecule has 0 amide bonds. The lowest BCUT2D eigenvalue weighted by Crippen LogP contribution is -1.97. The summed E-state index contributed by atoms with van der Waals surface area (Å²) in [4.78, 5) is 1.26. The Morgan fingerprint density at radius 1 is 1.38 bits per heavy atom. The summed E-state index contributed by atoms with van der Waals surface area (Å²) in [7, 11) is 0. The third-order valence-electron chi connectivity index (χ3n) is 2.13. The third-order valence-corrected chi connectivity index (χ3v) is 3.34. The molecule has 0 aliphatic rings. The number of anilines is 1. The second-order valence-corrected chi connectivity index (χ2v) is 4.68. The first-order valence-corrected chi connectivity index (χ1v) is 6.01. The van der Waals surface area contributed by atoms with Crippen molar-refractivity contribution in [1.82, 2.24) is 0 Å². The molecule has 0 saturated heterocycles. The third kappa shape index (κ3) is 2.54. The molecule has 80 valence electrons. The Morgan fingerprint density at radius 3 is 2.94 bits per heavy atom. The van der Waals surface area contributed by atoms with Crippen molar-refractivity contribution >= 4 is 28.6 Å². The van der Waals surface area contributed by atoms with Gasteiger partial charge in [-0.25, -0.2) is 0 Å². The number of hydrogen-bond acceptors (Lipinski definition) is 3. The van der Waals surface area contributed by atoms with E-state index in [2.05, 4.69) is 17.5 Å². The average Bonchev–Trinajstić information content (AvgIpc) is 2.81. The summed E-state index contributed by atoms with van der Waals surface area (Å²) >= 11 is 7.55. The predicted molar refractivity (Wildman–Crippen MR) is 67.8 cm³/mol. The molecule has 1 aromatic carbocycles. The minimum absolute atomic E-state index is 0.490. The number of benzene rings is 1. The average molecular weight is 249 g/mol. The van der Waals surface area contributed by atoms with E-state index in [1.165, 1.54) is 4.88 Å². The van der Waals surface area contributed by atoms with Crippen molar-refractivity contribution in [3.63, 3.8) is 0 Å². The van der Waals surface area contributed by atoms with E-state index in [9.17, 15) is 0 Å². The lowest BCUT2D eigenvalue weighted by Gasteiger charge is -2.05. The molecular formula is C12H9ClN2S. The van der Waals surface area contributed by atoms with Crippen molar-refractivity contribution in [1.29, 1.82) is 5.26 Å². The summed E-state index contributed by atoms with van der Waals surface area (Å²) in [6, 6.07) is 11.5. The van der Waals surface area contributed by atoms with Crippen molar-refractivity contribution in [3.05, 3.63) is 51.2 Å². The molecule has 0 fully saturated rings. The van der Waals surface area contributed by atoms with Gasteiger partial charge in [0, 0.05) is 17.1 Å². The molecule has 0 spiro atoms. The molecule has 1 heterocycles. The zero-order valence-electron chi connectivity index (χ0n) is 8.40. The van der Waals surface area contributed by atoms with Crippen molar-refractivity contribution in [2.24, 2.45) is 0 Å². The van der Waals surface area contributed by atoms with Gasteiger partial charge in [0.25, 0.3) is 0 Å². The summed E-state index contributed by atoms with van der Waals surface area (Å²) < 4.78 is 0. The van der Waals surface area contributed by atoms with Crippen LogP contribution in [-0.4, -0.2) is 0 Å². The molecule has 4 heteroatoms. The van der Waals surface area contributed by atoms with Crippen molar-refractivity contribution in [2.75, 3.05) is 5.32 Å². The van der Waals surface area contributed by atoms with E-state index in [-0.39, 0.29) is 0 Å². The van der Waals surface area contributed by atoms with Crippen LogP contribution in [0.4, 0.5) is 5.69 Å². The highest BCUT2D eigenvalue weighted by Gasteiger charge is 2.01. The fourth-order valence-electron chi connectivity index (χ4n) is 1.32. The Balaban J connectivity index is 2.08. The number of nitrogens with one attached hydrogen (secondary N) is 1. The van der Waals surface area contributed by atoms with Crippen LogP contribution in [0.15, 0.2) is 35.7 Å². The van der Waals surface area contributed by atoms with Crippen LogP contribution in [0.2, 0.25) is 5.02 Å². The first kappa shape index (κ1) is 11.0. The lowest BCUT2D eigenvalue weighted by atomic mass is 10.2. The molecule has 0 atom stereocenters. The van der Waals surface area contributed by atoms with E-state index in [0.29, 0.717) is 10.6 Å². The van der Waals surface area contributed by atoms with E-state index in [1.54, 1.807) is 23.5 Å². The standard InChI is InChI=1S/C12H9ClN2S/c13-12-4-3-10(6-9(12)7-14)15-8-11-2-1-5-16-11/h1-6,15H,8H2. The van der Waals surface area contributed by atoms with E-state index < -0.39 is 0 Å². The molecule has 0 unspecified atom stereocenters. The summed E-state index contributed by atoms with van der Waals surface area (Å²) in [5.74, 6) is 0. The van der Waals surface area contributed by atoms with Crippen LogP contribution in [0.3, 0.4) is 0 Å². The molecule has 1 N–H and O–H groups in total. The van der Waals surface area contributed by atoms with Crippen LogP contribution in [-0.2, 0) is 6.54 Å². The van der Waals surface area contributed by atoms with Gasteiger partial charge in [0.05, 0.1) is 10.6 Å². The fourth-order valence-corrected chi connectivity index (χ4v) is 2.13. The molecule has 0 aliphatic heterocycles. The Bertz CT molecular complexity index is 514. The predicted octanol–water partition coefficient (Wildman–Crippen LogP) is 3.89. The zero-order chi connectivity index (χ0) is 11.4. The monoisotopic (exact) mass is 248 g/mol. The van der Waals surface area contributed by atoms with Crippen LogP contribution < -0.4 is 5.32 Å². The van der Waals surface area contributed by atoms with Crippen LogP contribution in [0.5, 0.6) is 0 Å². The van der Waals surface area contributed by atoms with Gasteiger partial charge in [-0.3, -0.25) is 0 Å². The zero-order valence-corrected chi connectivity index (χ0v) is 9.98. The Morgan fingerprint density at radius 2 is 2.25 bits per heavy atom. The van der Waals surface area contributed by atoms with Gasteiger partial charge >= 0.3 is 0 Å². The number of nitriles is 1. The highest BCUT2D eigenvalue weighted by atomic mass is 35.5. The Labute approximate surface area is 103 Å². The largest absolute Gasteiger partial charge is 0.380 e. The quantitative estimate of drug-likeness (QED) is 0.895. The van der Waals surface area contributed by atoms with E-state index in [4.69, 9.17) is 16.9 Å². The fraction of sp³-hybridized carbons (Fsp3) is 0.0833. The van der Waals surface area contributed by atoms with Crippen LogP contribution >= 0.6 is 22.9 Å². The Hall–Kier alpha value is -1.50. The summed E-state index contributed by atoms with van der Waals surface area (Å²) in [5, 5.41) is 14.6. The van der Waals surface area contributed by atoms with Gasteiger partial charge in [0.15, 0.2) is 0 Å². The van der Waals surface area contributed by atoms with Gasteiger partial charge in [-0.05, 0) is 29.6 Å². The van der Waals surface area contributed by atoms with Gasteiger partial charge in [-0.2, -0.15) is 5.26 Å². The van der Waals surface area contributed by atoms with Crippen LogP contribution in [0.1, 0.15) is 10.4 Å². The van der Waals surface area contributed by atoms with E-state index >= 15 is 0 Å².